The monoisotopic (exact) mass is 323 g/mol. The van der Waals surface area contributed by atoms with Gasteiger partial charge in [0.1, 0.15) is 22.4 Å². The molecule has 0 bridgehead atoms. The summed E-state index contributed by atoms with van der Waals surface area (Å²) in [6.07, 6.45) is 1.97. The van der Waals surface area contributed by atoms with Gasteiger partial charge in [-0.15, -0.1) is 0 Å². The van der Waals surface area contributed by atoms with Crippen molar-refractivity contribution in [1.82, 2.24) is 5.32 Å². The molecule has 0 aromatic heterocycles. The minimum absolute atomic E-state index is 0.00355. The van der Waals surface area contributed by atoms with Gasteiger partial charge in [0.25, 0.3) is 0 Å². The number of hydrogen-bond donors (Lipinski definition) is 1. The molecule has 1 saturated heterocycles. The SMILES string of the molecule is Fc1cc(F)c(Cl)c(Oc2ccccc2CC2CCNC2)c1. The Labute approximate surface area is 133 Å². The summed E-state index contributed by atoms with van der Waals surface area (Å²) < 4.78 is 32.5. The quantitative estimate of drug-likeness (QED) is 0.833. The molecule has 2 nitrogen and oxygen atoms in total. The number of benzene rings is 2. The predicted octanol–water partition coefficient (Wildman–Crippen LogP) is 4.56. The van der Waals surface area contributed by atoms with Gasteiger partial charge in [-0.2, -0.15) is 0 Å². The van der Waals surface area contributed by atoms with Gasteiger partial charge in [0, 0.05) is 12.1 Å². The lowest BCUT2D eigenvalue weighted by molar-refractivity contribution is 0.456. The lowest BCUT2D eigenvalue weighted by Gasteiger charge is -2.15. The summed E-state index contributed by atoms with van der Waals surface area (Å²) in [6.45, 7) is 2.00. The molecule has 2 aromatic rings. The van der Waals surface area contributed by atoms with Crippen LogP contribution in [0.25, 0.3) is 0 Å². The third kappa shape index (κ3) is 3.39. The second-order valence-corrected chi connectivity index (χ2v) is 5.85. The number of halogens is 3. The van der Waals surface area contributed by atoms with Gasteiger partial charge in [-0.05, 0) is 43.5 Å². The molecule has 116 valence electrons. The van der Waals surface area contributed by atoms with Crippen molar-refractivity contribution < 1.29 is 13.5 Å². The molecule has 0 aliphatic carbocycles. The van der Waals surface area contributed by atoms with E-state index < -0.39 is 11.6 Å². The van der Waals surface area contributed by atoms with Crippen LogP contribution in [0.4, 0.5) is 8.78 Å². The first kappa shape index (κ1) is 15.3. The second kappa shape index (κ2) is 6.63. The smallest absolute Gasteiger partial charge is 0.151 e. The molecule has 0 amide bonds. The van der Waals surface area contributed by atoms with Crippen molar-refractivity contribution in [1.29, 1.82) is 0 Å². The molecule has 3 rings (SSSR count). The first-order valence-electron chi connectivity index (χ1n) is 7.24. The molecule has 1 aliphatic rings. The number of ether oxygens (including phenoxy) is 1. The predicted molar refractivity (Wildman–Crippen MR) is 82.6 cm³/mol. The van der Waals surface area contributed by atoms with Gasteiger partial charge in [-0.1, -0.05) is 29.8 Å². The van der Waals surface area contributed by atoms with Crippen molar-refractivity contribution in [2.75, 3.05) is 13.1 Å². The zero-order valence-corrected chi connectivity index (χ0v) is 12.7. The average molecular weight is 324 g/mol. The van der Waals surface area contributed by atoms with Gasteiger partial charge in [0.2, 0.25) is 0 Å². The number of para-hydroxylation sites is 1. The Balaban J connectivity index is 1.86. The minimum atomic E-state index is -0.825. The van der Waals surface area contributed by atoms with E-state index in [1.165, 1.54) is 0 Å². The lowest BCUT2D eigenvalue weighted by atomic mass is 9.98. The van der Waals surface area contributed by atoms with Crippen molar-refractivity contribution in [2.45, 2.75) is 12.8 Å². The third-order valence-corrected chi connectivity index (χ3v) is 4.19. The molecular weight excluding hydrogens is 308 g/mol. The zero-order chi connectivity index (χ0) is 15.5. The first-order valence-corrected chi connectivity index (χ1v) is 7.62. The van der Waals surface area contributed by atoms with E-state index in [-0.39, 0.29) is 10.8 Å². The van der Waals surface area contributed by atoms with Gasteiger partial charge >= 0.3 is 0 Å². The Morgan fingerprint density at radius 1 is 1.18 bits per heavy atom. The summed E-state index contributed by atoms with van der Waals surface area (Å²) in [7, 11) is 0. The summed E-state index contributed by atoms with van der Waals surface area (Å²) in [5, 5.41) is 3.12. The Bertz CT molecular complexity index is 672. The van der Waals surface area contributed by atoms with Crippen LogP contribution >= 0.6 is 11.6 Å². The molecule has 0 saturated carbocycles. The molecule has 1 fully saturated rings. The molecule has 0 spiro atoms. The fourth-order valence-corrected chi connectivity index (χ4v) is 2.84. The highest BCUT2D eigenvalue weighted by Gasteiger charge is 2.18. The maximum atomic E-state index is 13.5. The molecule has 22 heavy (non-hydrogen) atoms. The number of rotatable bonds is 4. The molecule has 5 heteroatoms. The zero-order valence-electron chi connectivity index (χ0n) is 11.9. The number of hydrogen-bond acceptors (Lipinski definition) is 2. The van der Waals surface area contributed by atoms with Crippen LogP contribution in [0.15, 0.2) is 36.4 Å². The highest BCUT2D eigenvalue weighted by Crippen LogP contribution is 2.34. The van der Waals surface area contributed by atoms with E-state index in [4.69, 9.17) is 16.3 Å². The fourth-order valence-electron chi connectivity index (χ4n) is 2.70. The van der Waals surface area contributed by atoms with E-state index in [2.05, 4.69) is 5.32 Å². The van der Waals surface area contributed by atoms with Crippen molar-refractivity contribution in [2.24, 2.45) is 5.92 Å². The van der Waals surface area contributed by atoms with Crippen molar-refractivity contribution in [3.63, 3.8) is 0 Å². The summed E-state index contributed by atoms with van der Waals surface area (Å²) in [6, 6.07) is 9.35. The van der Waals surface area contributed by atoms with Crippen LogP contribution in [0.1, 0.15) is 12.0 Å². The standard InChI is InChI=1S/C17H16ClF2NO/c18-17-14(20)8-13(19)9-16(17)22-15-4-2-1-3-12(15)7-11-5-6-21-10-11/h1-4,8-9,11,21H,5-7,10H2. The molecule has 1 aliphatic heterocycles. The lowest BCUT2D eigenvalue weighted by Crippen LogP contribution is -2.11. The van der Waals surface area contributed by atoms with Crippen LogP contribution in [-0.2, 0) is 6.42 Å². The Kier molecular flexibility index (Phi) is 4.60. The number of nitrogens with one attached hydrogen (secondary N) is 1. The van der Waals surface area contributed by atoms with Crippen molar-refractivity contribution >= 4 is 11.6 Å². The van der Waals surface area contributed by atoms with Crippen LogP contribution in [-0.4, -0.2) is 13.1 Å². The average Bonchev–Trinajstić information content (AvgIpc) is 2.99. The van der Waals surface area contributed by atoms with Gasteiger partial charge < -0.3 is 10.1 Å². The van der Waals surface area contributed by atoms with Gasteiger partial charge in [-0.3, -0.25) is 0 Å². The van der Waals surface area contributed by atoms with E-state index in [1.54, 1.807) is 6.07 Å². The minimum Gasteiger partial charge on any atom is -0.455 e. The van der Waals surface area contributed by atoms with E-state index in [1.807, 2.05) is 18.2 Å². The molecule has 0 radical (unpaired) electrons. The second-order valence-electron chi connectivity index (χ2n) is 5.47. The normalized spacial score (nSPS) is 17.7. The van der Waals surface area contributed by atoms with Crippen LogP contribution in [0, 0.1) is 17.6 Å². The Hall–Kier alpha value is -1.65. The summed E-state index contributed by atoms with van der Waals surface area (Å²) in [5.74, 6) is -0.412. The van der Waals surface area contributed by atoms with Crippen LogP contribution in [0.5, 0.6) is 11.5 Å². The molecule has 1 heterocycles. The maximum absolute atomic E-state index is 13.5. The topological polar surface area (TPSA) is 21.3 Å². The third-order valence-electron chi connectivity index (χ3n) is 3.82. The molecular formula is C17H16ClF2NO. The first-order chi connectivity index (χ1) is 10.6. The molecule has 1 atom stereocenters. The Morgan fingerprint density at radius 2 is 2.00 bits per heavy atom. The largest absolute Gasteiger partial charge is 0.455 e. The summed E-state index contributed by atoms with van der Waals surface area (Å²) >= 11 is 5.86. The van der Waals surface area contributed by atoms with Gasteiger partial charge in [0.15, 0.2) is 5.75 Å². The Morgan fingerprint density at radius 3 is 2.77 bits per heavy atom. The highest BCUT2D eigenvalue weighted by atomic mass is 35.5. The van der Waals surface area contributed by atoms with E-state index >= 15 is 0 Å². The van der Waals surface area contributed by atoms with Gasteiger partial charge in [-0.25, -0.2) is 8.78 Å². The van der Waals surface area contributed by atoms with E-state index in [0.29, 0.717) is 11.7 Å². The molecule has 1 unspecified atom stereocenters. The van der Waals surface area contributed by atoms with E-state index in [0.717, 1.165) is 43.6 Å². The molecule has 2 aromatic carbocycles. The fraction of sp³-hybridized carbons (Fsp3) is 0.294. The van der Waals surface area contributed by atoms with Crippen molar-refractivity contribution in [3.05, 3.63) is 58.6 Å². The summed E-state index contributed by atoms with van der Waals surface area (Å²) in [5.41, 5.74) is 1.01. The maximum Gasteiger partial charge on any atom is 0.151 e. The van der Waals surface area contributed by atoms with Crippen LogP contribution in [0.2, 0.25) is 5.02 Å². The van der Waals surface area contributed by atoms with Crippen LogP contribution in [0.3, 0.4) is 0 Å². The van der Waals surface area contributed by atoms with Gasteiger partial charge in [0.05, 0.1) is 0 Å². The molecule has 1 N–H and O–H groups in total. The van der Waals surface area contributed by atoms with Crippen molar-refractivity contribution in [3.8, 4) is 11.5 Å². The highest BCUT2D eigenvalue weighted by molar-refractivity contribution is 6.32. The summed E-state index contributed by atoms with van der Waals surface area (Å²) in [4.78, 5) is 0. The van der Waals surface area contributed by atoms with Crippen LogP contribution < -0.4 is 10.1 Å². The van der Waals surface area contributed by atoms with E-state index in [9.17, 15) is 8.78 Å².